The Bertz CT molecular complexity index is 323. The lowest BCUT2D eigenvalue weighted by Gasteiger charge is -2.26. The highest BCUT2D eigenvalue weighted by atomic mass is 35.5. The van der Waals surface area contributed by atoms with Gasteiger partial charge in [0.05, 0.1) is 5.02 Å². The van der Waals surface area contributed by atoms with Crippen molar-refractivity contribution < 1.29 is 4.39 Å². The molecule has 0 bridgehead atoms. The average molecular weight is 214 g/mol. The number of hydrogen-bond donors (Lipinski definition) is 1. The molecule has 3 heteroatoms. The van der Waals surface area contributed by atoms with Crippen LogP contribution in [0.2, 0.25) is 5.02 Å². The fraction of sp³-hybridized carbons (Fsp3) is 0.455. The van der Waals surface area contributed by atoms with Gasteiger partial charge in [0.25, 0.3) is 0 Å². The van der Waals surface area contributed by atoms with Crippen molar-refractivity contribution in [3.8, 4) is 0 Å². The van der Waals surface area contributed by atoms with Crippen LogP contribution in [0.15, 0.2) is 18.2 Å². The van der Waals surface area contributed by atoms with E-state index >= 15 is 0 Å². The predicted molar refractivity (Wildman–Crippen MR) is 55.9 cm³/mol. The van der Waals surface area contributed by atoms with E-state index in [9.17, 15) is 4.39 Å². The van der Waals surface area contributed by atoms with Gasteiger partial charge >= 0.3 is 0 Å². The van der Waals surface area contributed by atoms with Gasteiger partial charge in [-0.3, -0.25) is 0 Å². The average Bonchev–Trinajstić information content (AvgIpc) is 2.08. The van der Waals surface area contributed by atoms with Gasteiger partial charge in [0.15, 0.2) is 0 Å². The Balaban J connectivity index is 1.91. The number of benzene rings is 1. The predicted octanol–water partition coefficient (Wildman–Crippen LogP) is 3.12. The highest BCUT2D eigenvalue weighted by Crippen LogP contribution is 2.19. The zero-order valence-corrected chi connectivity index (χ0v) is 8.65. The van der Waals surface area contributed by atoms with Gasteiger partial charge in [-0.1, -0.05) is 24.1 Å². The molecule has 76 valence electrons. The minimum absolute atomic E-state index is 0.192. The monoisotopic (exact) mass is 213 g/mol. The van der Waals surface area contributed by atoms with Gasteiger partial charge in [-0.25, -0.2) is 4.39 Å². The molecule has 1 N–H and O–H groups in total. The second-order valence-electron chi connectivity index (χ2n) is 3.76. The lowest BCUT2D eigenvalue weighted by Crippen LogP contribution is -2.34. The highest BCUT2D eigenvalue weighted by Gasteiger charge is 2.16. The summed E-state index contributed by atoms with van der Waals surface area (Å²) < 4.78 is 13.0. The third kappa shape index (κ3) is 2.25. The topological polar surface area (TPSA) is 12.0 Å². The molecule has 0 atom stereocenters. The summed E-state index contributed by atoms with van der Waals surface area (Å²) in [6, 6.07) is 5.59. The standard InChI is InChI=1S/C11H13ClFN/c12-10-5-4-8(6-11(10)13)7-14-9-2-1-3-9/h4-6,9,14H,1-3,7H2. The van der Waals surface area contributed by atoms with Gasteiger partial charge in [-0.2, -0.15) is 0 Å². The van der Waals surface area contributed by atoms with E-state index in [1.165, 1.54) is 25.3 Å². The van der Waals surface area contributed by atoms with Crippen molar-refractivity contribution in [3.63, 3.8) is 0 Å². The second kappa shape index (κ2) is 4.28. The molecule has 1 saturated carbocycles. The summed E-state index contributed by atoms with van der Waals surface area (Å²) in [5, 5.41) is 3.56. The molecule has 1 nitrogen and oxygen atoms in total. The van der Waals surface area contributed by atoms with E-state index in [-0.39, 0.29) is 10.8 Å². The first-order valence-corrected chi connectivity index (χ1v) is 5.31. The van der Waals surface area contributed by atoms with Gasteiger partial charge in [0.2, 0.25) is 0 Å². The van der Waals surface area contributed by atoms with Crippen LogP contribution in [0.3, 0.4) is 0 Å². The first-order chi connectivity index (χ1) is 6.75. The number of nitrogens with one attached hydrogen (secondary N) is 1. The molecule has 0 aliphatic heterocycles. The Morgan fingerprint density at radius 3 is 2.79 bits per heavy atom. The summed E-state index contributed by atoms with van der Waals surface area (Å²) in [6.45, 7) is 0.735. The summed E-state index contributed by atoms with van der Waals surface area (Å²) >= 11 is 5.59. The van der Waals surface area contributed by atoms with E-state index in [1.807, 2.05) is 6.07 Å². The third-order valence-electron chi connectivity index (χ3n) is 2.68. The summed E-state index contributed by atoms with van der Waals surface area (Å²) in [4.78, 5) is 0. The fourth-order valence-electron chi connectivity index (χ4n) is 1.52. The lowest BCUT2D eigenvalue weighted by atomic mass is 9.93. The van der Waals surface area contributed by atoms with Crippen molar-refractivity contribution in [2.75, 3.05) is 0 Å². The van der Waals surface area contributed by atoms with Crippen molar-refractivity contribution in [3.05, 3.63) is 34.6 Å². The minimum Gasteiger partial charge on any atom is -0.310 e. The smallest absolute Gasteiger partial charge is 0.142 e. The van der Waals surface area contributed by atoms with Crippen LogP contribution in [0.5, 0.6) is 0 Å². The van der Waals surface area contributed by atoms with E-state index in [1.54, 1.807) is 6.07 Å². The summed E-state index contributed by atoms with van der Waals surface area (Å²) in [7, 11) is 0. The molecule has 0 aromatic heterocycles. The van der Waals surface area contributed by atoms with Crippen LogP contribution < -0.4 is 5.32 Å². The van der Waals surface area contributed by atoms with Gasteiger partial charge in [-0.15, -0.1) is 0 Å². The maximum absolute atomic E-state index is 13.0. The van der Waals surface area contributed by atoms with Crippen LogP contribution >= 0.6 is 11.6 Å². The molecular weight excluding hydrogens is 201 g/mol. The van der Waals surface area contributed by atoms with E-state index < -0.39 is 0 Å². The number of halogens is 2. The van der Waals surface area contributed by atoms with Crippen molar-refractivity contribution in [2.24, 2.45) is 0 Å². The Labute approximate surface area is 88.3 Å². The molecule has 2 rings (SSSR count). The van der Waals surface area contributed by atoms with Crippen LogP contribution in [-0.2, 0) is 6.54 Å². The lowest BCUT2D eigenvalue weighted by molar-refractivity contribution is 0.338. The Kier molecular flexibility index (Phi) is 3.04. The molecule has 1 aliphatic rings. The largest absolute Gasteiger partial charge is 0.310 e. The first kappa shape index (κ1) is 9.94. The van der Waals surface area contributed by atoms with Gasteiger partial charge in [0, 0.05) is 12.6 Å². The second-order valence-corrected chi connectivity index (χ2v) is 4.16. The third-order valence-corrected chi connectivity index (χ3v) is 2.99. The summed E-state index contributed by atoms with van der Waals surface area (Å²) in [5.41, 5.74) is 0.957. The van der Waals surface area contributed by atoms with Crippen molar-refractivity contribution in [1.82, 2.24) is 5.32 Å². The SMILES string of the molecule is Fc1cc(CNC2CCC2)ccc1Cl. The first-order valence-electron chi connectivity index (χ1n) is 4.93. The van der Waals surface area contributed by atoms with Crippen LogP contribution in [0.25, 0.3) is 0 Å². The van der Waals surface area contributed by atoms with Crippen molar-refractivity contribution >= 4 is 11.6 Å². The maximum Gasteiger partial charge on any atom is 0.142 e. The molecule has 1 aromatic carbocycles. The van der Waals surface area contributed by atoms with E-state index in [4.69, 9.17) is 11.6 Å². The molecule has 1 fully saturated rings. The van der Waals surface area contributed by atoms with E-state index in [0.29, 0.717) is 6.04 Å². The summed E-state index contributed by atoms with van der Waals surface area (Å²) in [5.74, 6) is -0.334. The zero-order chi connectivity index (χ0) is 9.97. The molecule has 0 amide bonds. The molecule has 1 aromatic rings. The molecule has 14 heavy (non-hydrogen) atoms. The Morgan fingerprint density at radius 2 is 2.21 bits per heavy atom. The molecule has 0 heterocycles. The van der Waals surface area contributed by atoms with E-state index in [2.05, 4.69) is 5.32 Å². The van der Waals surface area contributed by atoms with Crippen LogP contribution in [0, 0.1) is 5.82 Å². The van der Waals surface area contributed by atoms with E-state index in [0.717, 1.165) is 12.1 Å². The fourth-order valence-corrected chi connectivity index (χ4v) is 1.64. The Hall–Kier alpha value is -0.600. The minimum atomic E-state index is -0.334. The van der Waals surface area contributed by atoms with Crippen LogP contribution in [0.1, 0.15) is 24.8 Å². The molecule has 0 saturated heterocycles. The van der Waals surface area contributed by atoms with Crippen LogP contribution in [0.4, 0.5) is 4.39 Å². The normalized spacial score (nSPS) is 16.7. The summed E-state index contributed by atoms with van der Waals surface area (Å²) in [6.07, 6.45) is 3.80. The molecular formula is C11H13ClFN. The molecule has 0 unspecified atom stereocenters. The van der Waals surface area contributed by atoms with Crippen LogP contribution in [-0.4, -0.2) is 6.04 Å². The van der Waals surface area contributed by atoms with Crippen molar-refractivity contribution in [1.29, 1.82) is 0 Å². The van der Waals surface area contributed by atoms with Gasteiger partial charge in [0.1, 0.15) is 5.82 Å². The zero-order valence-electron chi connectivity index (χ0n) is 7.89. The highest BCUT2D eigenvalue weighted by molar-refractivity contribution is 6.30. The van der Waals surface area contributed by atoms with Gasteiger partial charge < -0.3 is 5.32 Å². The Morgan fingerprint density at radius 1 is 1.43 bits per heavy atom. The molecule has 1 aliphatic carbocycles. The molecule has 0 spiro atoms. The maximum atomic E-state index is 13.0. The number of hydrogen-bond acceptors (Lipinski definition) is 1. The van der Waals surface area contributed by atoms with Crippen molar-refractivity contribution in [2.45, 2.75) is 31.8 Å². The van der Waals surface area contributed by atoms with Gasteiger partial charge in [-0.05, 0) is 30.5 Å². The number of rotatable bonds is 3. The quantitative estimate of drug-likeness (QED) is 0.814. The molecule has 0 radical (unpaired) electrons.